The molecular weight excluding hydrogens is 359 g/mol. The van der Waals surface area contributed by atoms with Crippen LogP contribution < -0.4 is 5.32 Å². The summed E-state index contributed by atoms with van der Waals surface area (Å²) in [6.45, 7) is -1.41. The van der Waals surface area contributed by atoms with Gasteiger partial charge in [0, 0.05) is 24.8 Å². The Hall–Kier alpha value is -3.36. The molecule has 0 aliphatic carbocycles. The van der Waals surface area contributed by atoms with Crippen molar-refractivity contribution in [2.24, 2.45) is 7.05 Å². The number of halogens is 3. The molecule has 3 heterocycles. The summed E-state index contributed by atoms with van der Waals surface area (Å²) in [6, 6.07) is 10.7. The Morgan fingerprint density at radius 1 is 1.11 bits per heavy atom. The number of carbonyl (C=O) groups excluding carboxylic acids is 1. The van der Waals surface area contributed by atoms with Gasteiger partial charge in [-0.1, -0.05) is 18.2 Å². The van der Waals surface area contributed by atoms with E-state index in [1.54, 1.807) is 12.1 Å². The number of nitrogens with one attached hydrogen (secondary N) is 1. The van der Waals surface area contributed by atoms with E-state index in [1.165, 1.54) is 17.0 Å². The summed E-state index contributed by atoms with van der Waals surface area (Å²) in [5.74, 6) is -0.638. The molecule has 0 atom stereocenters. The van der Waals surface area contributed by atoms with Crippen LogP contribution in [0.5, 0.6) is 0 Å². The summed E-state index contributed by atoms with van der Waals surface area (Å²) in [5, 5.41) is 2.76. The fourth-order valence-corrected chi connectivity index (χ4v) is 3.16. The van der Waals surface area contributed by atoms with Crippen LogP contribution in [0.15, 0.2) is 48.8 Å². The Bertz CT molecular complexity index is 1140. The van der Waals surface area contributed by atoms with Crippen LogP contribution in [0.2, 0.25) is 0 Å². The van der Waals surface area contributed by atoms with Gasteiger partial charge in [-0.15, -0.1) is 0 Å². The molecule has 1 aromatic carbocycles. The minimum atomic E-state index is -4.50. The highest BCUT2D eigenvalue weighted by Crippen LogP contribution is 2.32. The number of alkyl halides is 3. The van der Waals surface area contributed by atoms with Crippen LogP contribution in [-0.2, 0) is 7.05 Å². The Balaban J connectivity index is 1.96. The number of nitrogens with zero attached hydrogens (tertiary/aromatic N) is 4. The predicted molar refractivity (Wildman–Crippen MR) is 93.7 cm³/mol. The number of hydrogen-bond donors (Lipinski definition) is 1. The molecule has 1 amide bonds. The second-order valence-corrected chi connectivity index (χ2v) is 6.02. The number of hydrogen-bond acceptors (Lipinski definition) is 3. The summed E-state index contributed by atoms with van der Waals surface area (Å²) in [7, 11) is 1.83. The van der Waals surface area contributed by atoms with Gasteiger partial charge < -0.3 is 9.88 Å². The van der Waals surface area contributed by atoms with Crippen molar-refractivity contribution in [2.45, 2.75) is 6.18 Å². The molecular formula is C18H14F3N5O. The van der Waals surface area contributed by atoms with Crippen LogP contribution in [-0.4, -0.2) is 37.7 Å². The lowest BCUT2D eigenvalue weighted by Crippen LogP contribution is -2.34. The van der Waals surface area contributed by atoms with E-state index < -0.39 is 18.6 Å². The van der Waals surface area contributed by atoms with E-state index >= 15 is 0 Å². The topological polar surface area (TPSA) is 64.7 Å². The molecule has 0 radical (unpaired) electrons. The van der Waals surface area contributed by atoms with Crippen LogP contribution in [0.3, 0.4) is 0 Å². The molecule has 0 saturated carbocycles. The van der Waals surface area contributed by atoms with Gasteiger partial charge in [0.25, 0.3) is 5.91 Å². The van der Waals surface area contributed by atoms with Crippen LogP contribution in [0.25, 0.3) is 27.9 Å². The Morgan fingerprint density at radius 3 is 2.52 bits per heavy atom. The van der Waals surface area contributed by atoms with E-state index in [1.807, 2.05) is 41.2 Å². The van der Waals surface area contributed by atoms with Crippen molar-refractivity contribution >= 4 is 27.8 Å². The third-order valence-corrected chi connectivity index (χ3v) is 4.30. The van der Waals surface area contributed by atoms with E-state index in [9.17, 15) is 18.0 Å². The predicted octanol–water partition coefficient (Wildman–Crippen LogP) is 3.20. The average molecular weight is 373 g/mol. The maximum Gasteiger partial charge on any atom is 0.405 e. The molecule has 3 aromatic heterocycles. The minimum Gasteiger partial charge on any atom is -0.342 e. The first-order valence-corrected chi connectivity index (χ1v) is 8.08. The lowest BCUT2D eigenvalue weighted by molar-refractivity contribution is -0.123. The highest BCUT2D eigenvalue weighted by molar-refractivity contribution is 6.10. The molecule has 138 valence electrons. The van der Waals surface area contributed by atoms with Gasteiger partial charge in [0.15, 0.2) is 0 Å². The first-order valence-electron chi connectivity index (χ1n) is 8.08. The van der Waals surface area contributed by atoms with E-state index in [0.29, 0.717) is 11.0 Å². The number of carbonyl (C=O) groups is 1. The van der Waals surface area contributed by atoms with Crippen molar-refractivity contribution < 1.29 is 18.0 Å². The average Bonchev–Trinajstić information content (AvgIpc) is 3.17. The van der Waals surface area contributed by atoms with Crippen molar-refractivity contribution in [1.82, 2.24) is 24.4 Å². The number of rotatable bonds is 3. The minimum absolute atomic E-state index is 0.0387. The molecule has 0 aliphatic rings. The molecule has 0 bridgehead atoms. The van der Waals surface area contributed by atoms with Gasteiger partial charge in [-0.25, -0.2) is 9.97 Å². The second-order valence-electron chi connectivity index (χ2n) is 6.02. The number of para-hydroxylation sites is 1. The fourth-order valence-electron chi connectivity index (χ4n) is 3.16. The molecule has 0 spiro atoms. The van der Waals surface area contributed by atoms with Crippen molar-refractivity contribution in [2.75, 3.05) is 6.54 Å². The van der Waals surface area contributed by atoms with Crippen LogP contribution in [0, 0.1) is 0 Å². The molecule has 0 aliphatic heterocycles. The molecule has 6 nitrogen and oxygen atoms in total. The normalized spacial score (nSPS) is 12.0. The molecule has 4 rings (SSSR count). The van der Waals surface area contributed by atoms with E-state index in [2.05, 4.69) is 9.97 Å². The third-order valence-electron chi connectivity index (χ3n) is 4.30. The van der Waals surface area contributed by atoms with Crippen molar-refractivity contribution in [3.8, 4) is 5.95 Å². The fraction of sp³-hybridized carbons (Fsp3) is 0.167. The van der Waals surface area contributed by atoms with Crippen LogP contribution in [0.1, 0.15) is 10.5 Å². The Kier molecular flexibility index (Phi) is 3.87. The highest BCUT2D eigenvalue weighted by Gasteiger charge is 2.30. The second kappa shape index (κ2) is 6.11. The number of aryl methyl sites for hydroxylation is 1. The van der Waals surface area contributed by atoms with Gasteiger partial charge in [0.05, 0.1) is 16.6 Å². The standard InChI is InChI=1S/C18H14F3N5O/c1-25-12-6-3-2-5-11(12)15-13(25)9-14(16(27)24-10-18(19,20)21)26(15)17-22-7-4-8-23-17/h2-9H,10H2,1H3,(H,24,27). The molecule has 4 aromatic rings. The zero-order chi connectivity index (χ0) is 19.2. The van der Waals surface area contributed by atoms with E-state index in [-0.39, 0.29) is 11.6 Å². The lowest BCUT2D eigenvalue weighted by atomic mass is 10.2. The van der Waals surface area contributed by atoms with Gasteiger partial charge in [-0.2, -0.15) is 13.2 Å². The molecule has 27 heavy (non-hydrogen) atoms. The van der Waals surface area contributed by atoms with Crippen LogP contribution >= 0.6 is 0 Å². The van der Waals surface area contributed by atoms with Gasteiger partial charge >= 0.3 is 6.18 Å². The van der Waals surface area contributed by atoms with Crippen molar-refractivity contribution in [3.63, 3.8) is 0 Å². The first kappa shape index (κ1) is 17.1. The largest absolute Gasteiger partial charge is 0.405 e. The number of amides is 1. The maximum atomic E-state index is 12.5. The number of aromatic nitrogens is 4. The van der Waals surface area contributed by atoms with Crippen molar-refractivity contribution in [3.05, 3.63) is 54.5 Å². The zero-order valence-electron chi connectivity index (χ0n) is 14.2. The Morgan fingerprint density at radius 2 is 1.81 bits per heavy atom. The summed E-state index contributed by atoms with van der Waals surface area (Å²) in [4.78, 5) is 20.9. The summed E-state index contributed by atoms with van der Waals surface area (Å²) in [6.07, 6.45) is -1.48. The maximum absolute atomic E-state index is 12.5. The summed E-state index contributed by atoms with van der Waals surface area (Å²) < 4.78 is 40.9. The third kappa shape index (κ3) is 2.90. The monoisotopic (exact) mass is 373 g/mol. The molecule has 1 N–H and O–H groups in total. The van der Waals surface area contributed by atoms with Crippen LogP contribution in [0.4, 0.5) is 13.2 Å². The lowest BCUT2D eigenvalue weighted by Gasteiger charge is -2.11. The summed E-state index contributed by atoms with van der Waals surface area (Å²) >= 11 is 0. The van der Waals surface area contributed by atoms with Gasteiger partial charge in [-0.3, -0.25) is 9.36 Å². The highest BCUT2D eigenvalue weighted by atomic mass is 19.4. The first-order chi connectivity index (χ1) is 12.9. The molecule has 0 fully saturated rings. The Labute approximate surface area is 151 Å². The smallest absolute Gasteiger partial charge is 0.342 e. The van der Waals surface area contributed by atoms with E-state index in [4.69, 9.17) is 0 Å². The molecule has 9 heteroatoms. The summed E-state index contributed by atoms with van der Waals surface area (Å²) in [5.41, 5.74) is 2.32. The van der Waals surface area contributed by atoms with Gasteiger partial charge in [-0.05, 0) is 18.2 Å². The van der Waals surface area contributed by atoms with Gasteiger partial charge in [0.1, 0.15) is 12.2 Å². The SMILES string of the molecule is Cn1c2ccccc2c2c1cc(C(=O)NCC(F)(F)F)n2-c1ncccn1. The number of fused-ring (bicyclic) bond motifs is 3. The quantitative estimate of drug-likeness (QED) is 0.600. The van der Waals surface area contributed by atoms with E-state index in [0.717, 1.165) is 10.9 Å². The molecule has 0 saturated heterocycles. The molecule has 0 unspecified atom stereocenters. The zero-order valence-corrected chi connectivity index (χ0v) is 14.2. The van der Waals surface area contributed by atoms with Gasteiger partial charge in [0.2, 0.25) is 5.95 Å². The van der Waals surface area contributed by atoms with Crippen molar-refractivity contribution in [1.29, 1.82) is 0 Å². The number of benzene rings is 1.